The normalized spacial score (nSPS) is 12.5. The molecule has 528 valence electrons. The number of esters is 1. The number of nitrogens with one attached hydrogen (secondary N) is 1. The van der Waals surface area contributed by atoms with Gasteiger partial charge in [0.15, 0.2) is 0 Å². The number of aliphatic hydroxyl groups excluding tert-OH is 2. The Hall–Kier alpha value is -1.66. The molecule has 0 rings (SSSR count). The second kappa shape index (κ2) is 78.8. The van der Waals surface area contributed by atoms with Crippen molar-refractivity contribution in [3.8, 4) is 0 Å². The van der Waals surface area contributed by atoms with E-state index in [9.17, 15) is 19.8 Å². The molecular weight excluding hydrogens is 1090 g/mol. The maximum atomic E-state index is 12.6. The van der Waals surface area contributed by atoms with Gasteiger partial charge in [-0.25, -0.2) is 0 Å². The van der Waals surface area contributed by atoms with E-state index in [0.717, 1.165) is 44.9 Å². The Kier molecular flexibility index (Phi) is 77.3. The van der Waals surface area contributed by atoms with Gasteiger partial charge in [-0.3, -0.25) is 9.59 Å². The zero-order chi connectivity index (χ0) is 64.2. The summed E-state index contributed by atoms with van der Waals surface area (Å²) in [6.07, 6.45) is 101. The summed E-state index contributed by atoms with van der Waals surface area (Å²) in [6.45, 7) is 5.01. The van der Waals surface area contributed by atoms with Crippen molar-refractivity contribution in [2.75, 3.05) is 13.2 Å². The summed E-state index contributed by atoms with van der Waals surface area (Å²) in [7, 11) is 0. The fraction of sp³-hybridized carbons (Fsp3) is 0.928. The predicted octanol–water partition coefficient (Wildman–Crippen LogP) is 27.2. The Morgan fingerprint density at radius 2 is 0.562 bits per heavy atom. The van der Waals surface area contributed by atoms with Crippen molar-refractivity contribution >= 4 is 11.9 Å². The molecule has 0 saturated heterocycles. The summed E-state index contributed by atoms with van der Waals surface area (Å²) in [4.78, 5) is 24.6. The molecule has 89 heavy (non-hydrogen) atoms. The fourth-order valence-electron chi connectivity index (χ4n) is 13.3. The molecule has 0 saturated carbocycles. The lowest BCUT2D eigenvalue weighted by molar-refractivity contribution is -0.143. The van der Waals surface area contributed by atoms with Gasteiger partial charge in [-0.2, -0.15) is 0 Å². The third kappa shape index (κ3) is 75.3. The summed E-state index contributed by atoms with van der Waals surface area (Å²) in [5, 5.41) is 23.5. The van der Waals surface area contributed by atoms with Gasteiger partial charge in [0.05, 0.1) is 25.4 Å². The lowest BCUT2D eigenvalue weighted by atomic mass is 10.0. The summed E-state index contributed by atoms with van der Waals surface area (Å²) in [6, 6.07) is -0.541. The standard InChI is InChI=1S/C83H161NO5/c1-3-5-7-9-11-13-15-17-18-19-20-21-22-36-39-42-45-48-52-55-59-63-67-71-75-81(86)80(79-85)84-82(87)76-72-68-64-60-56-53-49-46-43-40-37-34-32-30-28-26-24-23-25-27-29-31-33-35-38-41-44-47-50-54-58-62-66-70-74-78-89-83(88)77-73-69-65-61-57-51-16-14-12-10-8-6-4-2/h25,27,31,33,80-81,85-86H,3-24,26,28-30,32,34-79H2,1-2H3,(H,84,87)/b27-25-,33-31-. The lowest BCUT2D eigenvalue weighted by Crippen LogP contribution is -2.45. The highest BCUT2D eigenvalue weighted by atomic mass is 16.5. The number of amides is 1. The predicted molar refractivity (Wildman–Crippen MR) is 393 cm³/mol. The monoisotopic (exact) mass is 1250 g/mol. The second-order valence-corrected chi connectivity index (χ2v) is 28.5. The lowest BCUT2D eigenvalue weighted by Gasteiger charge is -2.22. The highest BCUT2D eigenvalue weighted by Crippen LogP contribution is 2.20. The highest BCUT2D eigenvalue weighted by Gasteiger charge is 2.20. The molecule has 1 amide bonds. The van der Waals surface area contributed by atoms with Crippen LogP contribution in [-0.4, -0.2) is 47.4 Å². The second-order valence-electron chi connectivity index (χ2n) is 28.5. The SMILES string of the molecule is CCCCCCCCCCCCCCCCCCCCCCCCCCC(O)C(CO)NC(=O)CCCCCCCCCCCCCCCCCCC/C=C\C/C=C\CCCCCCCCCCCCCOC(=O)CCCCCCCCCCCCCCC. The van der Waals surface area contributed by atoms with Crippen molar-refractivity contribution in [1.29, 1.82) is 0 Å². The van der Waals surface area contributed by atoms with Gasteiger partial charge >= 0.3 is 5.97 Å². The first-order valence-electron chi connectivity index (χ1n) is 41.1. The molecule has 0 fully saturated rings. The van der Waals surface area contributed by atoms with Crippen LogP contribution >= 0.6 is 0 Å². The van der Waals surface area contributed by atoms with Crippen molar-refractivity contribution in [2.45, 2.75) is 482 Å². The summed E-state index contributed by atoms with van der Waals surface area (Å²) >= 11 is 0. The van der Waals surface area contributed by atoms with Crippen LogP contribution in [0.1, 0.15) is 470 Å². The molecule has 0 bridgehead atoms. The van der Waals surface area contributed by atoms with E-state index in [4.69, 9.17) is 4.74 Å². The van der Waals surface area contributed by atoms with E-state index >= 15 is 0 Å². The summed E-state index contributed by atoms with van der Waals surface area (Å²) < 4.78 is 5.49. The molecule has 2 unspecified atom stereocenters. The Morgan fingerprint density at radius 3 is 0.854 bits per heavy atom. The third-order valence-corrected chi connectivity index (χ3v) is 19.5. The van der Waals surface area contributed by atoms with Gasteiger partial charge in [-0.1, -0.05) is 423 Å². The largest absolute Gasteiger partial charge is 0.466 e. The molecule has 6 nitrogen and oxygen atoms in total. The fourth-order valence-corrected chi connectivity index (χ4v) is 13.3. The van der Waals surface area contributed by atoms with Crippen LogP contribution in [0, 0.1) is 0 Å². The Bertz CT molecular complexity index is 1400. The van der Waals surface area contributed by atoms with E-state index in [1.165, 1.54) is 392 Å². The van der Waals surface area contributed by atoms with E-state index in [0.29, 0.717) is 25.9 Å². The van der Waals surface area contributed by atoms with E-state index in [-0.39, 0.29) is 18.5 Å². The van der Waals surface area contributed by atoms with Crippen LogP contribution in [0.25, 0.3) is 0 Å². The van der Waals surface area contributed by atoms with Gasteiger partial charge in [0.25, 0.3) is 0 Å². The first kappa shape index (κ1) is 87.3. The zero-order valence-corrected chi connectivity index (χ0v) is 60.7. The Balaban J connectivity index is 3.37. The van der Waals surface area contributed by atoms with Crippen molar-refractivity contribution in [3.05, 3.63) is 24.3 Å². The number of aliphatic hydroxyl groups is 2. The van der Waals surface area contributed by atoms with Crippen LogP contribution < -0.4 is 5.32 Å². The first-order chi connectivity index (χ1) is 44.0. The van der Waals surface area contributed by atoms with Crippen molar-refractivity contribution in [1.82, 2.24) is 5.32 Å². The van der Waals surface area contributed by atoms with Crippen molar-refractivity contribution < 1.29 is 24.5 Å². The minimum Gasteiger partial charge on any atom is -0.466 e. The number of hydrogen-bond acceptors (Lipinski definition) is 5. The molecule has 3 N–H and O–H groups in total. The number of carbonyl (C=O) groups excluding carboxylic acids is 2. The minimum absolute atomic E-state index is 0.0194. The molecular formula is C83H161NO5. The van der Waals surface area contributed by atoms with Gasteiger partial charge < -0.3 is 20.3 Å². The molecule has 6 heteroatoms. The van der Waals surface area contributed by atoms with Gasteiger partial charge in [-0.15, -0.1) is 0 Å². The maximum absolute atomic E-state index is 12.6. The van der Waals surface area contributed by atoms with E-state index < -0.39 is 12.1 Å². The molecule has 0 aromatic heterocycles. The molecule has 0 heterocycles. The third-order valence-electron chi connectivity index (χ3n) is 19.5. The maximum Gasteiger partial charge on any atom is 0.305 e. The minimum atomic E-state index is -0.664. The number of ether oxygens (including phenoxy) is 1. The van der Waals surface area contributed by atoms with Crippen molar-refractivity contribution in [2.24, 2.45) is 0 Å². The quantitative estimate of drug-likeness (QED) is 0.0320. The Morgan fingerprint density at radius 1 is 0.315 bits per heavy atom. The van der Waals surface area contributed by atoms with Crippen LogP contribution in [0.5, 0.6) is 0 Å². The first-order valence-corrected chi connectivity index (χ1v) is 41.1. The molecule has 0 aromatic rings. The van der Waals surface area contributed by atoms with Crippen LogP contribution in [0.2, 0.25) is 0 Å². The molecule has 0 spiro atoms. The van der Waals surface area contributed by atoms with Gasteiger partial charge in [0.2, 0.25) is 5.91 Å². The average Bonchev–Trinajstić information content (AvgIpc) is 3.54. The number of rotatable bonds is 78. The molecule has 2 atom stereocenters. The van der Waals surface area contributed by atoms with Gasteiger partial charge in [-0.05, 0) is 57.8 Å². The number of hydrogen-bond donors (Lipinski definition) is 3. The smallest absolute Gasteiger partial charge is 0.305 e. The molecule has 0 aliphatic rings. The van der Waals surface area contributed by atoms with Crippen LogP contribution in [0.15, 0.2) is 24.3 Å². The van der Waals surface area contributed by atoms with Crippen LogP contribution in [0.3, 0.4) is 0 Å². The summed E-state index contributed by atoms with van der Waals surface area (Å²) in [5.41, 5.74) is 0. The molecule has 0 radical (unpaired) electrons. The molecule has 0 aliphatic heterocycles. The van der Waals surface area contributed by atoms with E-state index in [1.54, 1.807) is 0 Å². The average molecular weight is 1250 g/mol. The van der Waals surface area contributed by atoms with Crippen LogP contribution in [-0.2, 0) is 14.3 Å². The molecule has 0 aliphatic carbocycles. The van der Waals surface area contributed by atoms with Crippen LogP contribution in [0.4, 0.5) is 0 Å². The number of unbranched alkanes of at least 4 members (excludes halogenated alkanes) is 63. The molecule has 0 aromatic carbocycles. The van der Waals surface area contributed by atoms with Gasteiger partial charge in [0, 0.05) is 12.8 Å². The zero-order valence-electron chi connectivity index (χ0n) is 60.7. The summed E-state index contributed by atoms with van der Waals surface area (Å²) in [5.74, 6) is -0.00725. The van der Waals surface area contributed by atoms with E-state index in [1.807, 2.05) is 0 Å². The van der Waals surface area contributed by atoms with Crippen molar-refractivity contribution in [3.63, 3.8) is 0 Å². The number of allylic oxidation sites excluding steroid dienone is 4. The van der Waals surface area contributed by atoms with E-state index in [2.05, 4.69) is 43.5 Å². The number of carbonyl (C=O) groups is 2. The highest BCUT2D eigenvalue weighted by molar-refractivity contribution is 5.76. The Labute approximate surface area is 558 Å². The topological polar surface area (TPSA) is 95.9 Å². The van der Waals surface area contributed by atoms with Gasteiger partial charge in [0.1, 0.15) is 0 Å².